The summed E-state index contributed by atoms with van der Waals surface area (Å²) >= 11 is 1.24. The number of nitrogens with zero attached hydrogens (tertiary/aromatic N) is 2. The molecule has 2 aromatic rings. The van der Waals surface area contributed by atoms with Crippen LogP contribution in [0.5, 0.6) is 0 Å². The summed E-state index contributed by atoms with van der Waals surface area (Å²) < 4.78 is 13.4. The predicted molar refractivity (Wildman–Crippen MR) is 114 cm³/mol. The van der Waals surface area contributed by atoms with Crippen molar-refractivity contribution in [1.29, 1.82) is 0 Å². The number of rotatable bonds is 4. The monoisotopic (exact) mass is 427 g/mol. The fourth-order valence-electron chi connectivity index (χ4n) is 3.73. The van der Waals surface area contributed by atoms with Gasteiger partial charge in [0.2, 0.25) is 11.8 Å². The number of hydrogen-bond donors (Lipinski definition) is 1. The van der Waals surface area contributed by atoms with Gasteiger partial charge in [-0.3, -0.25) is 14.4 Å². The number of carbonyl (C=O) groups is 3. The van der Waals surface area contributed by atoms with Gasteiger partial charge in [0.25, 0.3) is 5.91 Å². The van der Waals surface area contributed by atoms with Crippen LogP contribution in [-0.4, -0.2) is 47.5 Å². The van der Waals surface area contributed by atoms with Gasteiger partial charge in [0.15, 0.2) is 5.25 Å². The fraction of sp³-hybridized carbons (Fsp3) is 0.318. The summed E-state index contributed by atoms with van der Waals surface area (Å²) in [7, 11) is 0. The van der Waals surface area contributed by atoms with E-state index in [1.165, 1.54) is 34.9 Å². The third-order valence-electron chi connectivity index (χ3n) is 5.19. The minimum Gasteiger partial charge on any atom is -0.341 e. The Kier molecular flexibility index (Phi) is 6.03. The Morgan fingerprint density at radius 3 is 2.60 bits per heavy atom. The molecule has 0 unspecified atom stereocenters. The molecule has 0 radical (unpaired) electrons. The standard InChI is InChI=1S/C22H22FN3O3S/c23-15-7-6-8-16(13-15)24-19(27)14-26-17-9-2-3-10-18(17)30-20(22(26)29)21(28)25-11-4-1-5-12-25/h2-3,6-10,13,20H,1,4-5,11-12,14H2,(H,24,27)/t20-/m0/s1. The Bertz CT molecular complexity index is 978. The molecule has 30 heavy (non-hydrogen) atoms. The third kappa shape index (κ3) is 4.33. The lowest BCUT2D eigenvalue weighted by molar-refractivity contribution is -0.135. The summed E-state index contributed by atoms with van der Waals surface area (Å²) in [4.78, 5) is 42.8. The van der Waals surface area contributed by atoms with Crippen molar-refractivity contribution < 1.29 is 18.8 Å². The Labute approximate surface area is 178 Å². The van der Waals surface area contributed by atoms with Crippen LogP contribution in [0.2, 0.25) is 0 Å². The van der Waals surface area contributed by atoms with Crippen LogP contribution in [0.1, 0.15) is 19.3 Å². The molecule has 2 aliphatic heterocycles. The van der Waals surface area contributed by atoms with Crippen LogP contribution in [-0.2, 0) is 14.4 Å². The molecule has 1 N–H and O–H groups in total. The molecule has 8 heteroatoms. The van der Waals surface area contributed by atoms with Crippen molar-refractivity contribution >= 4 is 40.9 Å². The molecule has 0 aliphatic carbocycles. The Balaban J connectivity index is 1.55. The molecule has 6 nitrogen and oxygen atoms in total. The highest BCUT2D eigenvalue weighted by atomic mass is 32.2. The zero-order valence-corrected chi connectivity index (χ0v) is 17.2. The summed E-state index contributed by atoms with van der Waals surface area (Å²) in [5, 5.41) is 1.71. The highest BCUT2D eigenvalue weighted by Gasteiger charge is 2.40. The van der Waals surface area contributed by atoms with Crippen LogP contribution in [0.15, 0.2) is 53.4 Å². The molecule has 0 aromatic heterocycles. The van der Waals surface area contributed by atoms with Crippen molar-refractivity contribution in [2.24, 2.45) is 0 Å². The van der Waals surface area contributed by atoms with Gasteiger partial charge in [0, 0.05) is 23.7 Å². The van der Waals surface area contributed by atoms with Crippen LogP contribution in [0.25, 0.3) is 0 Å². The third-order valence-corrected chi connectivity index (χ3v) is 6.43. The number of carbonyl (C=O) groups excluding carboxylic acids is 3. The van der Waals surface area contributed by atoms with Gasteiger partial charge in [0.1, 0.15) is 12.4 Å². The van der Waals surface area contributed by atoms with E-state index in [1.807, 2.05) is 12.1 Å². The predicted octanol–water partition coefficient (Wildman–Crippen LogP) is 3.28. The lowest BCUT2D eigenvalue weighted by Gasteiger charge is -2.36. The number of para-hydroxylation sites is 1. The smallest absolute Gasteiger partial charge is 0.250 e. The number of likely N-dealkylation sites (tertiary alicyclic amines) is 1. The van der Waals surface area contributed by atoms with E-state index in [9.17, 15) is 18.8 Å². The normalized spacial score (nSPS) is 18.7. The first-order valence-corrected chi connectivity index (χ1v) is 10.8. The van der Waals surface area contributed by atoms with E-state index in [0.717, 1.165) is 24.2 Å². The number of hydrogen-bond acceptors (Lipinski definition) is 4. The van der Waals surface area contributed by atoms with Gasteiger partial charge in [-0.15, -0.1) is 11.8 Å². The van der Waals surface area contributed by atoms with Gasteiger partial charge in [-0.05, 0) is 49.6 Å². The lowest BCUT2D eigenvalue weighted by atomic mass is 10.1. The first-order chi connectivity index (χ1) is 14.5. The highest BCUT2D eigenvalue weighted by molar-refractivity contribution is 8.01. The maximum atomic E-state index is 13.4. The highest BCUT2D eigenvalue weighted by Crippen LogP contribution is 2.39. The molecule has 2 heterocycles. The first kappa shape index (κ1) is 20.4. The molecule has 1 atom stereocenters. The van der Waals surface area contributed by atoms with Gasteiger partial charge in [-0.2, -0.15) is 0 Å². The van der Waals surface area contributed by atoms with E-state index in [-0.39, 0.29) is 12.5 Å². The van der Waals surface area contributed by atoms with Crippen molar-refractivity contribution in [3.8, 4) is 0 Å². The Hall–Kier alpha value is -2.87. The zero-order chi connectivity index (χ0) is 21.1. The molecule has 2 aromatic carbocycles. The molecule has 0 saturated carbocycles. The van der Waals surface area contributed by atoms with E-state index < -0.39 is 22.9 Å². The van der Waals surface area contributed by atoms with Crippen LogP contribution < -0.4 is 10.2 Å². The SMILES string of the molecule is O=C(CN1C(=O)[C@H](C(=O)N2CCCCC2)Sc2ccccc21)Nc1cccc(F)c1. The number of benzene rings is 2. The molecule has 1 saturated heterocycles. The maximum absolute atomic E-state index is 13.4. The average molecular weight is 428 g/mol. The number of thioether (sulfide) groups is 1. The zero-order valence-electron chi connectivity index (χ0n) is 16.3. The largest absolute Gasteiger partial charge is 0.341 e. The molecule has 2 aliphatic rings. The van der Waals surface area contributed by atoms with Crippen molar-refractivity contribution in [2.75, 3.05) is 29.9 Å². The molecule has 0 bridgehead atoms. The second kappa shape index (κ2) is 8.87. The number of fused-ring (bicyclic) bond motifs is 1. The van der Waals surface area contributed by atoms with Gasteiger partial charge < -0.3 is 15.1 Å². The molecule has 1 fully saturated rings. The van der Waals surface area contributed by atoms with Crippen molar-refractivity contribution in [2.45, 2.75) is 29.4 Å². The second-order valence-corrected chi connectivity index (χ2v) is 8.48. The van der Waals surface area contributed by atoms with Gasteiger partial charge in [0.05, 0.1) is 5.69 Å². The van der Waals surface area contributed by atoms with Crippen molar-refractivity contribution in [3.05, 3.63) is 54.3 Å². The number of piperidine rings is 1. The van der Waals surface area contributed by atoms with Crippen LogP contribution in [0.4, 0.5) is 15.8 Å². The molecular formula is C22H22FN3O3S. The summed E-state index contributed by atoms with van der Waals surface area (Å²) in [5.41, 5.74) is 0.914. The second-order valence-electron chi connectivity index (χ2n) is 7.33. The van der Waals surface area contributed by atoms with Crippen LogP contribution >= 0.6 is 11.8 Å². The molecular weight excluding hydrogens is 405 g/mol. The molecule has 156 valence electrons. The maximum Gasteiger partial charge on any atom is 0.250 e. The molecule has 3 amide bonds. The quantitative estimate of drug-likeness (QED) is 0.761. The summed E-state index contributed by atoms with van der Waals surface area (Å²) in [6.07, 6.45) is 2.96. The summed E-state index contributed by atoms with van der Waals surface area (Å²) in [5.74, 6) is -1.52. The van der Waals surface area contributed by atoms with E-state index in [2.05, 4.69) is 5.32 Å². The van der Waals surface area contributed by atoms with Gasteiger partial charge >= 0.3 is 0 Å². The minimum absolute atomic E-state index is 0.199. The van der Waals surface area contributed by atoms with Crippen LogP contribution in [0, 0.1) is 5.82 Å². The summed E-state index contributed by atoms with van der Waals surface area (Å²) in [6.45, 7) is 1.06. The number of halogens is 1. The van der Waals surface area contributed by atoms with Gasteiger partial charge in [-0.1, -0.05) is 18.2 Å². The minimum atomic E-state index is -0.903. The van der Waals surface area contributed by atoms with Crippen LogP contribution in [0.3, 0.4) is 0 Å². The Morgan fingerprint density at radius 2 is 1.83 bits per heavy atom. The van der Waals surface area contributed by atoms with E-state index in [1.54, 1.807) is 23.1 Å². The van der Waals surface area contributed by atoms with Gasteiger partial charge in [-0.25, -0.2) is 4.39 Å². The number of anilines is 2. The number of amides is 3. The average Bonchev–Trinajstić information content (AvgIpc) is 2.75. The molecule has 4 rings (SSSR count). The molecule has 0 spiro atoms. The van der Waals surface area contributed by atoms with Crippen molar-refractivity contribution in [3.63, 3.8) is 0 Å². The fourth-order valence-corrected chi connectivity index (χ4v) is 4.92. The first-order valence-electron chi connectivity index (χ1n) is 9.94. The Morgan fingerprint density at radius 1 is 1.07 bits per heavy atom. The number of nitrogens with one attached hydrogen (secondary N) is 1. The van der Waals surface area contributed by atoms with E-state index in [4.69, 9.17) is 0 Å². The lowest BCUT2D eigenvalue weighted by Crippen LogP contribution is -2.52. The topological polar surface area (TPSA) is 69.7 Å². The summed E-state index contributed by atoms with van der Waals surface area (Å²) in [6, 6.07) is 12.8. The van der Waals surface area contributed by atoms with Crippen molar-refractivity contribution in [1.82, 2.24) is 4.90 Å². The van der Waals surface area contributed by atoms with E-state index in [0.29, 0.717) is 24.5 Å². The van der Waals surface area contributed by atoms with E-state index >= 15 is 0 Å².